The predicted molar refractivity (Wildman–Crippen MR) is 43.1 cm³/mol. The minimum Gasteiger partial charge on any atom is -0.813 e. The Morgan fingerprint density at radius 2 is 1.20 bits per heavy atom. The topological polar surface area (TPSA) is 94.7 Å². The monoisotopic (exact) mass is 214 g/mol. The van der Waals surface area contributed by atoms with Crippen LogP contribution in [0.3, 0.4) is 0 Å². The largest absolute Gasteiger partial charge is 2.00 e. The van der Waals surface area contributed by atoms with Gasteiger partial charge in [0.25, 0.3) is 0 Å². The molecule has 0 aliphatic carbocycles. The van der Waals surface area contributed by atoms with Crippen LogP contribution in [0.4, 0.5) is 0 Å². The van der Waals surface area contributed by atoms with Gasteiger partial charge in [0.1, 0.15) is 0 Å². The van der Waals surface area contributed by atoms with Crippen LogP contribution >= 0.6 is 16.2 Å². The molecule has 0 unspecified atom stereocenters. The number of rotatable bonds is 0. The van der Waals surface area contributed by atoms with E-state index < -0.39 is 8.25 Å². The molecule has 0 rings (SSSR count). The summed E-state index contributed by atoms with van der Waals surface area (Å²) in [5.74, 6) is 0. The van der Waals surface area contributed by atoms with Gasteiger partial charge in [0, 0.05) is 0 Å². The molecule has 0 amide bonds. The van der Waals surface area contributed by atoms with Gasteiger partial charge in [-0.25, -0.2) is 0 Å². The van der Waals surface area contributed by atoms with Crippen molar-refractivity contribution >= 4 is 53.9 Å². The van der Waals surface area contributed by atoms with Crippen molar-refractivity contribution in [1.29, 1.82) is 0 Å². The van der Waals surface area contributed by atoms with Crippen LogP contribution in [-0.4, -0.2) is 63.2 Å². The Morgan fingerprint density at radius 1 is 1.20 bits per heavy atom. The summed E-state index contributed by atoms with van der Waals surface area (Å²) >= 11 is 0. The third kappa shape index (κ3) is 234. The standard InChI is InChI=1S/C3H9P.Ca.H3O3P.H2O/c1-4(2)3;;1-4(2)3;/h1-3H3;;4H,(H2,1,2,3);1H2/q;+2;;/p-2. The SMILES string of the molecule is CP(C)C.O.O=[PH]([O-])[O-].[Ca+2]. The van der Waals surface area contributed by atoms with Gasteiger partial charge in [0.2, 0.25) is 0 Å². The van der Waals surface area contributed by atoms with E-state index >= 15 is 0 Å². The Balaban J connectivity index is -0.0000000300. The maximum Gasteiger partial charge on any atom is 2.00 e. The zero-order valence-corrected chi connectivity index (χ0v) is 10.5. The van der Waals surface area contributed by atoms with E-state index in [-0.39, 0.29) is 43.2 Å². The van der Waals surface area contributed by atoms with Crippen LogP contribution in [0.25, 0.3) is 0 Å². The zero-order chi connectivity index (χ0) is 7.15. The van der Waals surface area contributed by atoms with Gasteiger partial charge in [0.05, 0.1) is 0 Å². The first kappa shape index (κ1) is 22.6. The van der Waals surface area contributed by atoms with Gasteiger partial charge in [0.15, 0.2) is 0 Å². The number of hydrogen-bond donors (Lipinski definition) is 0. The van der Waals surface area contributed by atoms with E-state index in [1.807, 2.05) is 0 Å². The van der Waals surface area contributed by atoms with Crippen molar-refractivity contribution < 1.29 is 19.8 Å². The Bertz CT molecular complexity index is 62.8. The average molecular weight is 214 g/mol. The van der Waals surface area contributed by atoms with Crippen molar-refractivity contribution in [3.8, 4) is 0 Å². The molecule has 0 aromatic heterocycles. The molecule has 0 radical (unpaired) electrons. The van der Waals surface area contributed by atoms with Crippen LogP contribution in [-0.2, 0) is 4.57 Å². The molecule has 2 N–H and O–H groups in total. The molecule has 60 valence electrons. The summed E-state index contributed by atoms with van der Waals surface area (Å²) in [7, 11) is -3.25. The maximum atomic E-state index is 8.52. The molecule has 0 bridgehead atoms. The Kier molecular flexibility index (Phi) is 38.6. The van der Waals surface area contributed by atoms with Gasteiger partial charge >= 0.3 is 37.7 Å². The van der Waals surface area contributed by atoms with Crippen LogP contribution in [0, 0.1) is 0 Å². The van der Waals surface area contributed by atoms with E-state index in [0.717, 1.165) is 0 Å². The van der Waals surface area contributed by atoms with E-state index in [1.54, 1.807) is 0 Å². The van der Waals surface area contributed by atoms with Crippen LogP contribution in [0.15, 0.2) is 0 Å². The van der Waals surface area contributed by atoms with E-state index in [1.165, 1.54) is 0 Å². The van der Waals surface area contributed by atoms with E-state index in [2.05, 4.69) is 20.0 Å². The average Bonchev–Trinajstić information content (AvgIpc) is 1.25. The second-order valence-electron chi connectivity index (χ2n) is 1.59. The molecular weight excluding hydrogens is 202 g/mol. The third-order valence-electron chi connectivity index (χ3n) is 0. The van der Waals surface area contributed by atoms with Crippen molar-refractivity contribution in [2.24, 2.45) is 0 Å². The third-order valence-corrected chi connectivity index (χ3v) is 0. The van der Waals surface area contributed by atoms with Crippen molar-refractivity contribution in [3.05, 3.63) is 0 Å². The van der Waals surface area contributed by atoms with Crippen molar-refractivity contribution in [2.45, 2.75) is 0 Å². The first-order chi connectivity index (χ1) is 3.46. The van der Waals surface area contributed by atoms with Crippen LogP contribution < -0.4 is 9.79 Å². The molecule has 0 aromatic carbocycles. The molecule has 10 heavy (non-hydrogen) atoms. The fourth-order valence-corrected chi connectivity index (χ4v) is 0. The summed E-state index contributed by atoms with van der Waals surface area (Å²) in [6, 6.07) is 0. The van der Waals surface area contributed by atoms with Gasteiger partial charge in [-0.2, -0.15) is 0 Å². The Hall–Kier alpha value is 1.80. The molecule has 0 spiro atoms. The fraction of sp³-hybridized carbons (Fsp3) is 1.00. The van der Waals surface area contributed by atoms with E-state index in [0.29, 0.717) is 7.92 Å². The minimum atomic E-state index is -3.63. The first-order valence-corrected chi connectivity index (χ1v) is 5.86. The van der Waals surface area contributed by atoms with Gasteiger partial charge in [-0.1, -0.05) is 8.25 Å². The molecule has 4 nitrogen and oxygen atoms in total. The molecule has 0 fully saturated rings. The summed E-state index contributed by atoms with van der Waals surface area (Å²) in [5, 5.41) is 0. The summed E-state index contributed by atoms with van der Waals surface area (Å²) in [5.41, 5.74) is 0. The Labute approximate surface area is 93.0 Å². The summed E-state index contributed by atoms with van der Waals surface area (Å²) in [4.78, 5) is 17.0. The van der Waals surface area contributed by atoms with Gasteiger partial charge in [-0.05, 0) is 20.0 Å². The van der Waals surface area contributed by atoms with Crippen LogP contribution in [0.1, 0.15) is 0 Å². The molecule has 7 heteroatoms. The molecule has 0 atom stereocenters. The normalized spacial score (nSPS) is 7.10. The summed E-state index contributed by atoms with van der Waals surface area (Å²) in [6.45, 7) is 6.69. The van der Waals surface area contributed by atoms with Gasteiger partial charge in [-0.3, -0.25) is 0 Å². The summed E-state index contributed by atoms with van der Waals surface area (Å²) < 4.78 is 8.52. The summed E-state index contributed by atoms with van der Waals surface area (Å²) in [6.07, 6.45) is 0. The van der Waals surface area contributed by atoms with Crippen LogP contribution in [0.5, 0.6) is 0 Å². The molecule has 0 aliphatic rings. The molecule has 0 saturated heterocycles. The van der Waals surface area contributed by atoms with Crippen molar-refractivity contribution in [1.82, 2.24) is 0 Å². The quantitative estimate of drug-likeness (QED) is 0.353. The molecule has 0 heterocycles. The fourth-order valence-electron chi connectivity index (χ4n) is 0. The zero-order valence-electron chi connectivity index (χ0n) is 6.38. The van der Waals surface area contributed by atoms with E-state index in [9.17, 15) is 0 Å². The minimum absolute atomic E-state index is 0. The van der Waals surface area contributed by atoms with Crippen molar-refractivity contribution in [3.63, 3.8) is 0 Å². The smallest absolute Gasteiger partial charge is 0.813 e. The maximum absolute atomic E-state index is 8.52. The predicted octanol–water partition coefficient (Wildman–Crippen LogP) is -1.75. The Morgan fingerprint density at radius 3 is 1.20 bits per heavy atom. The first-order valence-electron chi connectivity index (χ1n) is 1.95. The number of hydrogen-bond acceptors (Lipinski definition) is 3. The van der Waals surface area contributed by atoms with Crippen molar-refractivity contribution in [2.75, 3.05) is 20.0 Å². The van der Waals surface area contributed by atoms with Crippen LogP contribution in [0.2, 0.25) is 0 Å². The second-order valence-corrected chi connectivity index (χ2v) is 4.77. The molecule has 0 saturated carbocycles. The molecule has 0 aliphatic heterocycles. The van der Waals surface area contributed by atoms with Gasteiger partial charge in [-0.15, -0.1) is 7.92 Å². The molecular formula is C3H12CaO4P2. The van der Waals surface area contributed by atoms with Gasteiger partial charge < -0.3 is 19.8 Å². The molecule has 0 aromatic rings. The second kappa shape index (κ2) is 17.0. The van der Waals surface area contributed by atoms with E-state index in [4.69, 9.17) is 14.4 Å².